The Kier molecular flexibility index (Phi) is 4.35. The first-order valence-corrected chi connectivity index (χ1v) is 6.58. The van der Waals surface area contributed by atoms with Gasteiger partial charge in [0.25, 0.3) is 0 Å². The second-order valence-corrected chi connectivity index (χ2v) is 4.92. The summed E-state index contributed by atoms with van der Waals surface area (Å²) in [6, 6.07) is 12.4. The molecule has 0 saturated heterocycles. The highest BCUT2D eigenvalue weighted by Crippen LogP contribution is 2.32. The number of hydrogen-bond acceptors (Lipinski definition) is 3. The van der Waals surface area contributed by atoms with Crippen molar-refractivity contribution in [3.63, 3.8) is 0 Å². The number of ketones is 1. The predicted molar refractivity (Wildman–Crippen MR) is 76.6 cm³/mol. The Hall–Kier alpha value is -1.65. The molecule has 0 aliphatic carbocycles. The highest BCUT2D eigenvalue weighted by molar-refractivity contribution is 9.10. The van der Waals surface area contributed by atoms with Crippen LogP contribution < -0.4 is 4.74 Å². The zero-order valence-corrected chi connectivity index (χ0v) is 12.0. The van der Waals surface area contributed by atoms with E-state index < -0.39 is 0 Å². The first-order chi connectivity index (χ1) is 9.11. The van der Waals surface area contributed by atoms with Gasteiger partial charge in [0.15, 0.2) is 5.78 Å². The number of carbonyl (C=O) groups excluding carboxylic acids is 1. The third kappa shape index (κ3) is 3.22. The lowest BCUT2D eigenvalue weighted by Crippen LogP contribution is -1.95. The zero-order chi connectivity index (χ0) is 13.8. The number of hydrogen-bond donors (Lipinski definition) is 1. The molecule has 3 nitrogen and oxygen atoms in total. The summed E-state index contributed by atoms with van der Waals surface area (Å²) < 4.78 is 6.45. The number of carbonyl (C=O) groups is 1. The lowest BCUT2D eigenvalue weighted by Gasteiger charge is -2.11. The summed E-state index contributed by atoms with van der Waals surface area (Å²) in [5, 5.41) is 9.25. The van der Waals surface area contributed by atoms with Crippen LogP contribution in [0.5, 0.6) is 11.5 Å². The Morgan fingerprint density at radius 1 is 1.21 bits per heavy atom. The van der Waals surface area contributed by atoms with E-state index in [1.807, 2.05) is 12.1 Å². The molecule has 0 aliphatic heterocycles. The fraction of sp³-hybridized carbons (Fsp3) is 0.133. The van der Waals surface area contributed by atoms with Crippen LogP contribution in [0.15, 0.2) is 46.9 Å². The molecule has 0 unspecified atom stereocenters. The van der Waals surface area contributed by atoms with Crippen LogP contribution in [-0.2, 0) is 6.61 Å². The SMILES string of the molecule is CC(=O)c1ccc(Oc2ccccc2CO)c(Br)c1. The summed E-state index contributed by atoms with van der Waals surface area (Å²) >= 11 is 3.38. The molecule has 0 atom stereocenters. The number of aliphatic hydroxyl groups excluding tert-OH is 1. The smallest absolute Gasteiger partial charge is 0.159 e. The topological polar surface area (TPSA) is 46.5 Å². The van der Waals surface area contributed by atoms with Crippen LogP contribution in [0.2, 0.25) is 0 Å². The van der Waals surface area contributed by atoms with Crippen LogP contribution in [0.3, 0.4) is 0 Å². The summed E-state index contributed by atoms with van der Waals surface area (Å²) in [6.45, 7) is 1.43. The molecule has 1 N–H and O–H groups in total. The minimum atomic E-state index is -0.0840. The Morgan fingerprint density at radius 2 is 1.95 bits per heavy atom. The van der Waals surface area contributed by atoms with Crippen LogP contribution >= 0.6 is 15.9 Å². The van der Waals surface area contributed by atoms with Crippen LogP contribution in [0, 0.1) is 0 Å². The number of Topliss-reactive ketones (excluding diaryl/α,β-unsaturated/α-hetero) is 1. The molecule has 0 radical (unpaired) electrons. The van der Waals surface area contributed by atoms with E-state index in [1.165, 1.54) is 6.92 Å². The van der Waals surface area contributed by atoms with Gasteiger partial charge in [0.1, 0.15) is 11.5 Å². The molecular formula is C15H13BrO3. The molecule has 0 spiro atoms. The van der Waals surface area contributed by atoms with Crippen molar-refractivity contribution in [1.29, 1.82) is 0 Å². The van der Waals surface area contributed by atoms with E-state index in [0.717, 1.165) is 0 Å². The van der Waals surface area contributed by atoms with Gasteiger partial charge in [0.05, 0.1) is 11.1 Å². The Labute approximate surface area is 120 Å². The monoisotopic (exact) mass is 320 g/mol. The van der Waals surface area contributed by atoms with Crippen molar-refractivity contribution < 1.29 is 14.6 Å². The standard InChI is InChI=1S/C15H13BrO3/c1-10(18)11-6-7-15(13(16)8-11)19-14-5-3-2-4-12(14)9-17/h2-8,17H,9H2,1H3. The predicted octanol–water partition coefficient (Wildman–Crippen LogP) is 3.94. The Balaban J connectivity index is 2.31. The molecule has 2 aromatic carbocycles. The molecule has 98 valence electrons. The van der Waals surface area contributed by atoms with E-state index in [1.54, 1.807) is 30.3 Å². The quantitative estimate of drug-likeness (QED) is 0.868. The molecule has 0 saturated carbocycles. The first-order valence-electron chi connectivity index (χ1n) is 5.79. The van der Waals surface area contributed by atoms with Crippen LogP contribution in [-0.4, -0.2) is 10.9 Å². The molecule has 0 heterocycles. The van der Waals surface area contributed by atoms with E-state index in [-0.39, 0.29) is 12.4 Å². The molecule has 2 aromatic rings. The van der Waals surface area contributed by atoms with Crippen molar-refractivity contribution in [2.24, 2.45) is 0 Å². The molecular weight excluding hydrogens is 308 g/mol. The minimum Gasteiger partial charge on any atom is -0.456 e. The van der Waals surface area contributed by atoms with E-state index >= 15 is 0 Å². The summed E-state index contributed by atoms with van der Waals surface area (Å²) in [6.07, 6.45) is 0. The third-order valence-electron chi connectivity index (χ3n) is 2.70. The van der Waals surface area contributed by atoms with E-state index in [9.17, 15) is 9.90 Å². The van der Waals surface area contributed by atoms with Crippen molar-refractivity contribution in [1.82, 2.24) is 0 Å². The maximum Gasteiger partial charge on any atom is 0.159 e. The lowest BCUT2D eigenvalue weighted by atomic mass is 10.1. The van der Waals surface area contributed by atoms with Gasteiger partial charge in [-0.25, -0.2) is 0 Å². The van der Waals surface area contributed by atoms with Crippen molar-refractivity contribution in [3.8, 4) is 11.5 Å². The van der Waals surface area contributed by atoms with Crippen molar-refractivity contribution in [2.75, 3.05) is 0 Å². The second kappa shape index (κ2) is 5.99. The summed E-state index contributed by atoms with van der Waals surface area (Å²) in [7, 11) is 0. The Bertz CT molecular complexity index is 608. The number of benzene rings is 2. The third-order valence-corrected chi connectivity index (χ3v) is 3.32. The summed E-state index contributed by atoms with van der Waals surface area (Å²) in [4.78, 5) is 11.3. The number of para-hydroxylation sites is 1. The van der Waals surface area contributed by atoms with Gasteiger partial charge in [0.2, 0.25) is 0 Å². The number of rotatable bonds is 4. The molecule has 0 aliphatic rings. The molecule has 4 heteroatoms. The number of ether oxygens (including phenoxy) is 1. The minimum absolute atomic E-state index is 0.00279. The summed E-state index contributed by atoms with van der Waals surface area (Å²) in [5.74, 6) is 1.20. The van der Waals surface area contributed by atoms with Crippen molar-refractivity contribution in [2.45, 2.75) is 13.5 Å². The van der Waals surface area contributed by atoms with Crippen LogP contribution in [0.4, 0.5) is 0 Å². The Morgan fingerprint density at radius 3 is 2.58 bits per heavy atom. The van der Waals surface area contributed by atoms with Crippen LogP contribution in [0.25, 0.3) is 0 Å². The highest BCUT2D eigenvalue weighted by Gasteiger charge is 2.08. The average Bonchev–Trinajstić information content (AvgIpc) is 2.41. The van der Waals surface area contributed by atoms with Gasteiger partial charge in [-0.15, -0.1) is 0 Å². The zero-order valence-electron chi connectivity index (χ0n) is 10.4. The number of aliphatic hydroxyl groups is 1. The van der Waals surface area contributed by atoms with Crippen molar-refractivity contribution >= 4 is 21.7 Å². The van der Waals surface area contributed by atoms with Gasteiger partial charge in [-0.3, -0.25) is 4.79 Å². The van der Waals surface area contributed by atoms with E-state index in [4.69, 9.17) is 4.74 Å². The molecule has 0 amide bonds. The largest absolute Gasteiger partial charge is 0.456 e. The second-order valence-electron chi connectivity index (χ2n) is 4.07. The van der Waals surface area contributed by atoms with Gasteiger partial charge in [-0.05, 0) is 47.1 Å². The van der Waals surface area contributed by atoms with Gasteiger partial charge in [-0.2, -0.15) is 0 Å². The van der Waals surface area contributed by atoms with E-state index in [2.05, 4.69) is 15.9 Å². The molecule has 0 aromatic heterocycles. The van der Waals surface area contributed by atoms with Gasteiger partial charge < -0.3 is 9.84 Å². The normalized spacial score (nSPS) is 10.3. The number of halogens is 1. The average molecular weight is 321 g/mol. The van der Waals surface area contributed by atoms with Crippen molar-refractivity contribution in [3.05, 3.63) is 58.1 Å². The summed E-state index contributed by atoms with van der Waals surface area (Å²) in [5.41, 5.74) is 1.33. The van der Waals surface area contributed by atoms with Gasteiger partial charge in [0, 0.05) is 11.1 Å². The van der Waals surface area contributed by atoms with Gasteiger partial charge in [-0.1, -0.05) is 18.2 Å². The molecule has 2 rings (SSSR count). The van der Waals surface area contributed by atoms with Gasteiger partial charge >= 0.3 is 0 Å². The molecule has 19 heavy (non-hydrogen) atoms. The fourth-order valence-electron chi connectivity index (χ4n) is 1.66. The molecule has 0 bridgehead atoms. The molecule has 0 fully saturated rings. The fourth-order valence-corrected chi connectivity index (χ4v) is 2.11. The maximum atomic E-state index is 11.3. The highest BCUT2D eigenvalue weighted by atomic mass is 79.9. The van der Waals surface area contributed by atoms with E-state index in [0.29, 0.717) is 27.1 Å². The van der Waals surface area contributed by atoms with Crippen LogP contribution in [0.1, 0.15) is 22.8 Å². The first kappa shape index (κ1) is 13.8. The maximum absolute atomic E-state index is 11.3. The lowest BCUT2D eigenvalue weighted by molar-refractivity contribution is 0.101.